The van der Waals surface area contributed by atoms with Crippen LogP contribution in [-0.4, -0.2) is 19.3 Å². The van der Waals surface area contributed by atoms with E-state index in [1.54, 1.807) is 0 Å². The molecule has 0 radical (unpaired) electrons. The van der Waals surface area contributed by atoms with Crippen molar-refractivity contribution in [2.24, 2.45) is 13.0 Å². The molecular weight excluding hydrogens is 244 g/mol. The van der Waals surface area contributed by atoms with E-state index in [1.807, 2.05) is 11.7 Å². The third-order valence-corrected chi connectivity index (χ3v) is 4.27. The van der Waals surface area contributed by atoms with E-state index < -0.39 is 0 Å². The monoisotopic (exact) mass is 264 g/mol. The molecule has 1 atom stereocenters. The number of nitrogens with zero attached hydrogens (tertiary/aromatic N) is 3. The van der Waals surface area contributed by atoms with Crippen LogP contribution in [-0.2, 0) is 13.5 Å². The van der Waals surface area contributed by atoms with Gasteiger partial charge in [0.05, 0.1) is 5.69 Å². The van der Waals surface area contributed by atoms with Gasteiger partial charge in [-0.15, -0.1) is 0 Å². The second-order valence-corrected chi connectivity index (χ2v) is 5.78. The average molecular weight is 264 g/mol. The van der Waals surface area contributed by atoms with Crippen molar-refractivity contribution in [2.45, 2.75) is 45.6 Å². The Morgan fingerprint density at radius 1 is 1.50 bits per heavy atom. The van der Waals surface area contributed by atoms with E-state index in [0.717, 1.165) is 40.4 Å². The molecule has 5 heteroatoms. The zero-order valence-corrected chi connectivity index (χ0v) is 12.0. The van der Waals surface area contributed by atoms with Crippen molar-refractivity contribution < 1.29 is 0 Å². The molecule has 0 bridgehead atoms. The van der Waals surface area contributed by atoms with Crippen LogP contribution in [0, 0.1) is 10.7 Å². The van der Waals surface area contributed by atoms with Gasteiger partial charge in [-0.2, -0.15) is 5.10 Å². The fourth-order valence-electron chi connectivity index (χ4n) is 2.82. The molecule has 2 aromatic heterocycles. The smallest absolute Gasteiger partial charge is 0.179 e. The highest BCUT2D eigenvalue weighted by molar-refractivity contribution is 7.71. The van der Waals surface area contributed by atoms with Crippen LogP contribution in [0.15, 0.2) is 0 Å². The quantitative estimate of drug-likeness (QED) is 0.860. The molecule has 0 saturated heterocycles. The molecule has 0 spiro atoms. The first kappa shape index (κ1) is 12.0. The first-order valence-electron chi connectivity index (χ1n) is 6.79. The molecule has 3 rings (SSSR count). The van der Waals surface area contributed by atoms with Crippen LogP contribution < -0.4 is 0 Å². The van der Waals surface area contributed by atoms with Gasteiger partial charge >= 0.3 is 0 Å². The standard InChI is InChI=1S/C13H20N4S/c1-4-5-10-11-12(16(3)15-10)17(13(18)14-11)8(2)9-6-7-9/h8-9H,4-7H2,1-3H3,(H,14,18). The van der Waals surface area contributed by atoms with Crippen LogP contribution >= 0.6 is 12.2 Å². The minimum absolute atomic E-state index is 0.483. The first-order valence-corrected chi connectivity index (χ1v) is 7.20. The Balaban J connectivity index is 2.18. The Morgan fingerprint density at radius 3 is 2.83 bits per heavy atom. The van der Waals surface area contributed by atoms with Crippen molar-refractivity contribution in [3.63, 3.8) is 0 Å². The van der Waals surface area contributed by atoms with Crippen molar-refractivity contribution in [2.75, 3.05) is 0 Å². The Bertz CT molecular complexity index is 629. The van der Waals surface area contributed by atoms with Gasteiger partial charge in [0.25, 0.3) is 0 Å². The molecule has 0 aliphatic heterocycles. The molecule has 1 unspecified atom stereocenters. The highest BCUT2D eigenvalue weighted by atomic mass is 32.1. The van der Waals surface area contributed by atoms with Gasteiger partial charge in [0, 0.05) is 13.1 Å². The lowest BCUT2D eigenvalue weighted by atomic mass is 10.2. The molecule has 1 aliphatic carbocycles. The highest BCUT2D eigenvalue weighted by Gasteiger charge is 2.31. The minimum atomic E-state index is 0.483. The summed E-state index contributed by atoms with van der Waals surface area (Å²) < 4.78 is 5.08. The number of imidazole rings is 1. The maximum atomic E-state index is 5.50. The van der Waals surface area contributed by atoms with Crippen molar-refractivity contribution in [3.05, 3.63) is 10.5 Å². The Hall–Kier alpha value is -1.10. The van der Waals surface area contributed by atoms with E-state index in [0.29, 0.717) is 6.04 Å². The topological polar surface area (TPSA) is 38.5 Å². The number of hydrogen-bond acceptors (Lipinski definition) is 2. The number of aryl methyl sites for hydroxylation is 2. The lowest BCUT2D eigenvalue weighted by Crippen LogP contribution is -2.10. The number of fused-ring (bicyclic) bond motifs is 1. The molecule has 1 aliphatic rings. The van der Waals surface area contributed by atoms with Gasteiger partial charge in [-0.05, 0) is 44.3 Å². The predicted molar refractivity (Wildman–Crippen MR) is 75.3 cm³/mol. The predicted octanol–water partition coefficient (Wildman–Crippen LogP) is 3.36. The molecule has 4 nitrogen and oxygen atoms in total. The summed E-state index contributed by atoms with van der Waals surface area (Å²) >= 11 is 5.50. The van der Waals surface area contributed by atoms with E-state index in [1.165, 1.54) is 12.8 Å². The molecule has 1 N–H and O–H groups in total. The number of hydrogen-bond donors (Lipinski definition) is 1. The second kappa shape index (κ2) is 4.23. The number of H-pyrrole nitrogens is 1. The van der Waals surface area contributed by atoms with Crippen LogP contribution in [0.4, 0.5) is 0 Å². The van der Waals surface area contributed by atoms with Crippen LogP contribution in [0.2, 0.25) is 0 Å². The summed E-state index contributed by atoms with van der Waals surface area (Å²) in [6, 6.07) is 0.483. The third-order valence-electron chi connectivity index (χ3n) is 3.97. The number of aromatic amines is 1. The Morgan fingerprint density at radius 2 is 2.22 bits per heavy atom. The molecule has 1 saturated carbocycles. The fourth-order valence-corrected chi connectivity index (χ4v) is 3.17. The largest absolute Gasteiger partial charge is 0.328 e. The lowest BCUT2D eigenvalue weighted by molar-refractivity contribution is 0.483. The molecule has 1 fully saturated rings. The summed E-state index contributed by atoms with van der Waals surface area (Å²) in [4.78, 5) is 3.36. The van der Waals surface area contributed by atoms with E-state index in [4.69, 9.17) is 12.2 Å². The Kier molecular flexibility index (Phi) is 2.81. The van der Waals surface area contributed by atoms with Gasteiger partial charge in [0.15, 0.2) is 10.4 Å². The molecule has 2 aromatic rings. The van der Waals surface area contributed by atoms with Crippen molar-refractivity contribution in [1.29, 1.82) is 0 Å². The van der Waals surface area contributed by atoms with Crippen LogP contribution in [0.3, 0.4) is 0 Å². The second-order valence-electron chi connectivity index (χ2n) is 5.40. The Labute approximate surface area is 112 Å². The van der Waals surface area contributed by atoms with Crippen molar-refractivity contribution >= 4 is 23.4 Å². The first-order chi connectivity index (χ1) is 8.63. The van der Waals surface area contributed by atoms with Gasteiger partial charge in [-0.3, -0.25) is 9.25 Å². The molecule has 2 heterocycles. The molecule has 0 aromatic carbocycles. The molecule has 0 amide bonds. The van der Waals surface area contributed by atoms with E-state index in [-0.39, 0.29) is 0 Å². The molecule has 18 heavy (non-hydrogen) atoms. The van der Waals surface area contributed by atoms with Crippen LogP contribution in [0.5, 0.6) is 0 Å². The summed E-state index contributed by atoms with van der Waals surface area (Å²) in [5.41, 5.74) is 3.43. The van der Waals surface area contributed by atoms with Crippen molar-refractivity contribution in [1.82, 2.24) is 19.3 Å². The maximum Gasteiger partial charge on any atom is 0.179 e. The number of aromatic nitrogens is 4. The number of rotatable bonds is 4. The normalized spacial score (nSPS) is 17.5. The number of nitrogens with one attached hydrogen (secondary N) is 1. The summed E-state index contributed by atoms with van der Waals surface area (Å²) in [5.74, 6) is 0.792. The molecular formula is C13H20N4S. The summed E-state index contributed by atoms with van der Waals surface area (Å²) in [7, 11) is 2.01. The maximum absolute atomic E-state index is 5.50. The van der Waals surface area contributed by atoms with Crippen LogP contribution in [0.1, 0.15) is 44.8 Å². The highest BCUT2D eigenvalue weighted by Crippen LogP contribution is 2.40. The zero-order chi connectivity index (χ0) is 12.9. The lowest BCUT2D eigenvalue weighted by Gasteiger charge is -2.13. The zero-order valence-electron chi connectivity index (χ0n) is 11.2. The summed E-state index contributed by atoms with van der Waals surface area (Å²) in [5, 5.41) is 4.62. The third kappa shape index (κ3) is 1.72. The van der Waals surface area contributed by atoms with Gasteiger partial charge in [0.1, 0.15) is 5.52 Å². The van der Waals surface area contributed by atoms with Crippen molar-refractivity contribution in [3.8, 4) is 0 Å². The van der Waals surface area contributed by atoms with Gasteiger partial charge < -0.3 is 4.98 Å². The van der Waals surface area contributed by atoms with E-state index in [2.05, 4.69) is 28.5 Å². The van der Waals surface area contributed by atoms with Gasteiger partial charge in [-0.1, -0.05) is 13.3 Å². The van der Waals surface area contributed by atoms with Gasteiger partial charge in [0.2, 0.25) is 0 Å². The summed E-state index contributed by atoms with van der Waals surface area (Å²) in [6.07, 6.45) is 4.77. The molecule has 98 valence electrons. The minimum Gasteiger partial charge on any atom is -0.328 e. The average Bonchev–Trinajstić information content (AvgIpc) is 3.05. The van der Waals surface area contributed by atoms with Crippen LogP contribution in [0.25, 0.3) is 11.2 Å². The summed E-state index contributed by atoms with van der Waals surface area (Å²) in [6.45, 7) is 4.45. The van der Waals surface area contributed by atoms with E-state index >= 15 is 0 Å². The SMILES string of the molecule is CCCc1nn(C)c2c1[nH]c(=S)n2C(C)C1CC1. The van der Waals surface area contributed by atoms with Gasteiger partial charge in [-0.25, -0.2) is 0 Å². The van der Waals surface area contributed by atoms with E-state index in [9.17, 15) is 0 Å². The fraction of sp³-hybridized carbons (Fsp3) is 0.692.